The van der Waals surface area contributed by atoms with Crippen LogP contribution in [0.3, 0.4) is 0 Å². The molecule has 8 nitrogen and oxygen atoms in total. The number of Topliss-reactive ketones (excluding diaryl/α,β-unsaturated/α-hetero) is 1. The molecule has 27 heavy (non-hydrogen) atoms. The first-order valence-corrected chi connectivity index (χ1v) is 9.86. The van der Waals surface area contributed by atoms with E-state index < -0.39 is 0 Å². The normalized spacial score (nSPS) is 12.1. The summed E-state index contributed by atoms with van der Waals surface area (Å²) >= 11 is 7.16. The minimum Gasteiger partial charge on any atom is -0.354 e. The van der Waals surface area contributed by atoms with Crippen molar-refractivity contribution < 1.29 is 4.79 Å². The van der Waals surface area contributed by atoms with E-state index in [9.17, 15) is 4.79 Å². The van der Waals surface area contributed by atoms with E-state index in [1.54, 1.807) is 28.8 Å². The molecule has 2 N–H and O–H groups in total. The molecule has 0 saturated carbocycles. The number of carbonyl (C=O) groups excluding carboxylic acids is 1. The zero-order valence-corrected chi connectivity index (χ0v) is 16.8. The average Bonchev–Trinajstić information content (AvgIpc) is 3.05. The van der Waals surface area contributed by atoms with E-state index in [0.29, 0.717) is 46.5 Å². The van der Waals surface area contributed by atoms with E-state index in [4.69, 9.17) is 11.6 Å². The van der Waals surface area contributed by atoms with Gasteiger partial charge < -0.3 is 10.6 Å². The lowest BCUT2D eigenvalue weighted by Crippen LogP contribution is -2.13. The third-order valence-corrected chi connectivity index (χ3v) is 4.84. The van der Waals surface area contributed by atoms with Gasteiger partial charge in [-0.15, -0.1) is 5.10 Å². The van der Waals surface area contributed by atoms with Crippen LogP contribution in [0, 0.1) is 0 Å². The van der Waals surface area contributed by atoms with Gasteiger partial charge in [-0.05, 0) is 45.0 Å². The highest BCUT2D eigenvalue weighted by molar-refractivity contribution is 8.00. The van der Waals surface area contributed by atoms with E-state index in [0.717, 1.165) is 0 Å². The van der Waals surface area contributed by atoms with Crippen molar-refractivity contribution in [3.8, 4) is 0 Å². The largest absolute Gasteiger partial charge is 0.354 e. The molecule has 3 aromatic rings. The van der Waals surface area contributed by atoms with Gasteiger partial charge >= 0.3 is 0 Å². The number of halogens is 1. The number of fused-ring (bicyclic) bond motifs is 1. The van der Waals surface area contributed by atoms with Crippen LogP contribution in [0.4, 0.5) is 11.9 Å². The van der Waals surface area contributed by atoms with Gasteiger partial charge in [0.2, 0.25) is 17.1 Å². The van der Waals surface area contributed by atoms with Crippen molar-refractivity contribution >= 4 is 46.8 Å². The van der Waals surface area contributed by atoms with Gasteiger partial charge in [0.25, 0.3) is 5.78 Å². The smallest absolute Gasteiger partial charge is 0.259 e. The topological polar surface area (TPSA) is 97.1 Å². The standard InChI is InChI=1S/C17H20ClN7OS/c1-4-19-14-21-15(20-5-2)25-16(22-14)23-17(24-25)27-10(3)13(26)11-6-8-12(18)9-7-11/h6-10H,4-5H2,1-3H3,(H2,19,20,21,22,23,24). The molecule has 0 radical (unpaired) electrons. The summed E-state index contributed by atoms with van der Waals surface area (Å²) in [6.45, 7) is 7.15. The van der Waals surface area contributed by atoms with Crippen molar-refractivity contribution in [2.24, 2.45) is 0 Å². The summed E-state index contributed by atoms with van der Waals surface area (Å²) in [5.74, 6) is 1.44. The Labute approximate surface area is 166 Å². The Morgan fingerprint density at radius 2 is 1.85 bits per heavy atom. The van der Waals surface area contributed by atoms with Crippen molar-refractivity contribution in [2.75, 3.05) is 23.7 Å². The molecule has 3 rings (SSSR count). The minimum atomic E-state index is -0.354. The molecule has 0 saturated heterocycles. The summed E-state index contributed by atoms with van der Waals surface area (Å²) in [6, 6.07) is 6.85. The molecule has 0 aliphatic rings. The fourth-order valence-corrected chi connectivity index (χ4v) is 3.34. The molecular formula is C17H20ClN7OS. The van der Waals surface area contributed by atoms with E-state index in [1.807, 2.05) is 20.8 Å². The summed E-state index contributed by atoms with van der Waals surface area (Å²) in [6.07, 6.45) is 0. The van der Waals surface area contributed by atoms with Crippen LogP contribution in [0.1, 0.15) is 31.1 Å². The number of thioether (sulfide) groups is 1. The predicted octanol–water partition coefficient (Wildman–Crippen LogP) is 3.40. The van der Waals surface area contributed by atoms with Gasteiger partial charge in [0, 0.05) is 23.7 Å². The number of anilines is 2. The number of benzene rings is 1. The van der Waals surface area contributed by atoms with Gasteiger partial charge in [-0.1, -0.05) is 23.4 Å². The van der Waals surface area contributed by atoms with Crippen LogP contribution in [-0.2, 0) is 0 Å². The van der Waals surface area contributed by atoms with E-state index in [1.165, 1.54) is 11.8 Å². The molecule has 142 valence electrons. The second-order valence-corrected chi connectivity index (χ2v) is 7.41. The lowest BCUT2D eigenvalue weighted by atomic mass is 10.1. The number of ketones is 1. The predicted molar refractivity (Wildman–Crippen MR) is 108 cm³/mol. The molecule has 2 aromatic heterocycles. The molecular weight excluding hydrogens is 386 g/mol. The zero-order valence-electron chi connectivity index (χ0n) is 15.2. The monoisotopic (exact) mass is 405 g/mol. The zero-order chi connectivity index (χ0) is 19.4. The average molecular weight is 406 g/mol. The van der Waals surface area contributed by atoms with Crippen molar-refractivity contribution in [1.82, 2.24) is 24.6 Å². The highest BCUT2D eigenvalue weighted by Crippen LogP contribution is 2.24. The van der Waals surface area contributed by atoms with E-state index in [2.05, 4.69) is 30.7 Å². The quantitative estimate of drug-likeness (QED) is 0.434. The van der Waals surface area contributed by atoms with E-state index >= 15 is 0 Å². The van der Waals surface area contributed by atoms with Gasteiger partial charge in [-0.3, -0.25) is 4.79 Å². The molecule has 1 atom stereocenters. The highest BCUT2D eigenvalue weighted by Gasteiger charge is 2.20. The van der Waals surface area contributed by atoms with Crippen LogP contribution >= 0.6 is 23.4 Å². The number of nitrogens with one attached hydrogen (secondary N) is 2. The molecule has 0 aliphatic heterocycles. The summed E-state index contributed by atoms with van der Waals surface area (Å²) in [4.78, 5) is 25.8. The molecule has 0 amide bonds. The van der Waals surface area contributed by atoms with Gasteiger partial charge in [0.15, 0.2) is 5.78 Å². The third-order valence-electron chi connectivity index (χ3n) is 3.64. The first-order valence-electron chi connectivity index (χ1n) is 8.60. The Morgan fingerprint density at radius 1 is 1.15 bits per heavy atom. The van der Waals surface area contributed by atoms with Crippen molar-refractivity contribution in [3.63, 3.8) is 0 Å². The molecule has 10 heteroatoms. The summed E-state index contributed by atoms with van der Waals surface area (Å²) in [7, 11) is 0. The van der Waals surface area contributed by atoms with Gasteiger partial charge in [0.1, 0.15) is 0 Å². The molecule has 0 fully saturated rings. The number of hydrogen-bond acceptors (Lipinski definition) is 8. The second-order valence-electron chi connectivity index (χ2n) is 5.67. The van der Waals surface area contributed by atoms with Crippen LogP contribution in [0.15, 0.2) is 29.4 Å². The highest BCUT2D eigenvalue weighted by atomic mass is 35.5. The number of nitrogens with zero attached hydrogens (tertiary/aromatic N) is 5. The SMILES string of the molecule is CCNc1nc(NCC)n2nc(SC(C)C(=O)c3ccc(Cl)cc3)nc2n1. The summed E-state index contributed by atoms with van der Waals surface area (Å²) in [5.41, 5.74) is 0.603. The Kier molecular flexibility index (Phi) is 6.12. The van der Waals surface area contributed by atoms with Crippen LogP contribution in [0.5, 0.6) is 0 Å². The maximum atomic E-state index is 12.6. The Bertz CT molecular complexity index is 944. The molecule has 0 spiro atoms. The number of aromatic nitrogens is 5. The lowest BCUT2D eigenvalue weighted by Gasteiger charge is -2.07. The Morgan fingerprint density at radius 3 is 2.52 bits per heavy atom. The summed E-state index contributed by atoms with van der Waals surface area (Å²) < 4.78 is 1.55. The molecule has 0 aliphatic carbocycles. The third kappa shape index (κ3) is 4.48. The van der Waals surface area contributed by atoms with E-state index in [-0.39, 0.29) is 11.0 Å². The first-order chi connectivity index (χ1) is 13.0. The van der Waals surface area contributed by atoms with Crippen LogP contribution in [-0.4, -0.2) is 48.7 Å². The fourth-order valence-electron chi connectivity index (χ4n) is 2.39. The van der Waals surface area contributed by atoms with Crippen LogP contribution in [0.25, 0.3) is 5.78 Å². The first kappa shape index (κ1) is 19.4. The molecule has 1 unspecified atom stereocenters. The molecule has 1 aromatic carbocycles. The van der Waals surface area contributed by atoms with Crippen LogP contribution < -0.4 is 10.6 Å². The number of rotatable bonds is 8. The summed E-state index contributed by atoms with van der Waals surface area (Å²) in [5, 5.41) is 11.4. The Balaban J connectivity index is 1.84. The second kappa shape index (κ2) is 8.53. The van der Waals surface area contributed by atoms with Crippen molar-refractivity contribution in [2.45, 2.75) is 31.2 Å². The van der Waals surface area contributed by atoms with Crippen LogP contribution in [0.2, 0.25) is 5.02 Å². The van der Waals surface area contributed by atoms with Gasteiger partial charge in [-0.2, -0.15) is 19.5 Å². The molecule has 2 heterocycles. The minimum absolute atomic E-state index is 0.0122. The van der Waals surface area contributed by atoms with Gasteiger partial charge in [-0.25, -0.2) is 0 Å². The Hall–Kier alpha value is -2.39. The lowest BCUT2D eigenvalue weighted by molar-refractivity contribution is 0.0994. The van der Waals surface area contributed by atoms with Gasteiger partial charge in [0.05, 0.1) is 5.25 Å². The number of carbonyl (C=O) groups is 1. The number of hydrogen-bond donors (Lipinski definition) is 2. The maximum Gasteiger partial charge on any atom is 0.259 e. The van der Waals surface area contributed by atoms with Crippen molar-refractivity contribution in [1.29, 1.82) is 0 Å². The van der Waals surface area contributed by atoms with Crippen molar-refractivity contribution in [3.05, 3.63) is 34.9 Å². The maximum absolute atomic E-state index is 12.6. The fraction of sp³-hybridized carbons (Fsp3) is 0.353. The molecule has 0 bridgehead atoms.